The zero-order chi connectivity index (χ0) is 21.6. The molecule has 0 amide bonds. The highest BCUT2D eigenvalue weighted by atomic mass is 15.3. The fraction of sp³-hybridized carbons (Fsp3) is 0.208. The molecule has 5 N–H and O–H groups in total. The normalized spacial score (nSPS) is 15.6. The van der Waals surface area contributed by atoms with E-state index in [1.165, 1.54) is 11.8 Å². The third-order valence-corrected chi connectivity index (χ3v) is 4.72. The molecule has 1 aromatic rings. The van der Waals surface area contributed by atoms with Crippen LogP contribution in [0.1, 0.15) is 38.3 Å². The number of rotatable bonds is 8. The maximum absolute atomic E-state index is 6.14. The van der Waals surface area contributed by atoms with E-state index in [1.807, 2.05) is 19.9 Å². The van der Waals surface area contributed by atoms with Crippen molar-refractivity contribution in [3.05, 3.63) is 102 Å². The third-order valence-electron chi connectivity index (χ3n) is 4.72. The van der Waals surface area contributed by atoms with E-state index in [9.17, 15) is 0 Å². The van der Waals surface area contributed by atoms with Crippen molar-refractivity contribution in [1.29, 1.82) is 0 Å². The maximum atomic E-state index is 6.14. The van der Waals surface area contributed by atoms with Crippen molar-refractivity contribution < 1.29 is 0 Å². The van der Waals surface area contributed by atoms with E-state index in [2.05, 4.69) is 61.2 Å². The fourth-order valence-corrected chi connectivity index (χ4v) is 2.87. The number of nitrogens with two attached hydrogens (primary N) is 2. The van der Waals surface area contributed by atoms with Gasteiger partial charge in [-0.3, -0.25) is 4.90 Å². The molecule has 0 aliphatic carbocycles. The Labute approximate surface area is 174 Å². The highest BCUT2D eigenvalue weighted by Gasteiger charge is 2.23. The Morgan fingerprint density at radius 3 is 2.38 bits per heavy atom. The van der Waals surface area contributed by atoms with E-state index in [0.717, 1.165) is 28.8 Å². The quantitative estimate of drug-likeness (QED) is 0.611. The lowest BCUT2D eigenvalue weighted by Crippen LogP contribution is -2.32. The zero-order valence-electron chi connectivity index (χ0n) is 17.6. The summed E-state index contributed by atoms with van der Waals surface area (Å²) >= 11 is 0. The standard InChI is InChI=1S/C24H31N5/c1-7-17(5)20-11-9-19(10-12-20)15-27-18(6)21-13-22(16(3)4)29(23(26)8-2)24(14-25)28-21/h8-14,27H,3,5-7,15,25-26H2,1-2,4H3/b23-8-,24-14-. The summed E-state index contributed by atoms with van der Waals surface area (Å²) in [5, 5.41) is 3.34. The average Bonchev–Trinajstić information content (AvgIpc) is 2.75. The lowest BCUT2D eigenvalue weighted by atomic mass is 10.0. The van der Waals surface area contributed by atoms with Gasteiger partial charge >= 0.3 is 0 Å². The van der Waals surface area contributed by atoms with Crippen LogP contribution in [0.15, 0.2) is 96.0 Å². The molecule has 0 unspecified atom stereocenters. The van der Waals surface area contributed by atoms with Crippen molar-refractivity contribution in [1.82, 2.24) is 10.2 Å². The number of allylic oxidation sites excluding steroid dienone is 4. The number of nitrogens with one attached hydrogen (secondary N) is 1. The first-order chi connectivity index (χ1) is 13.8. The molecule has 0 bridgehead atoms. The molecular weight excluding hydrogens is 358 g/mol. The van der Waals surface area contributed by atoms with E-state index < -0.39 is 0 Å². The van der Waals surface area contributed by atoms with E-state index >= 15 is 0 Å². The summed E-state index contributed by atoms with van der Waals surface area (Å²) in [6, 6.07) is 8.37. The minimum atomic E-state index is 0.529. The summed E-state index contributed by atoms with van der Waals surface area (Å²) in [6.45, 7) is 18.8. The molecule has 0 saturated carbocycles. The SMILES string of the molecule is C=C(C)C1=CC(C(=C)NCc2ccc(C(=C)CC)cc2)=N/C(=C/N)N1/C(N)=C\C. The Morgan fingerprint density at radius 2 is 1.86 bits per heavy atom. The van der Waals surface area contributed by atoms with Crippen molar-refractivity contribution in [3.63, 3.8) is 0 Å². The molecule has 0 fully saturated rings. The molecule has 0 saturated heterocycles. The van der Waals surface area contributed by atoms with Crippen LogP contribution in [-0.4, -0.2) is 10.6 Å². The molecule has 0 aromatic heterocycles. The van der Waals surface area contributed by atoms with Crippen LogP contribution in [0.5, 0.6) is 0 Å². The van der Waals surface area contributed by atoms with Gasteiger partial charge in [0, 0.05) is 12.7 Å². The fourth-order valence-electron chi connectivity index (χ4n) is 2.87. The monoisotopic (exact) mass is 389 g/mol. The zero-order valence-corrected chi connectivity index (χ0v) is 17.6. The first-order valence-electron chi connectivity index (χ1n) is 9.62. The van der Waals surface area contributed by atoms with E-state index in [-0.39, 0.29) is 0 Å². The summed E-state index contributed by atoms with van der Waals surface area (Å²) in [7, 11) is 0. The first-order valence-corrected chi connectivity index (χ1v) is 9.62. The van der Waals surface area contributed by atoms with Crippen LogP contribution < -0.4 is 16.8 Å². The van der Waals surface area contributed by atoms with Gasteiger partial charge in [0.25, 0.3) is 0 Å². The first kappa shape index (κ1) is 21.8. The molecule has 1 heterocycles. The maximum Gasteiger partial charge on any atom is 0.155 e. The summed E-state index contributed by atoms with van der Waals surface area (Å²) in [5.41, 5.74) is 18.5. The second-order valence-electron chi connectivity index (χ2n) is 6.87. The molecule has 0 radical (unpaired) electrons. The molecular formula is C24H31N5. The minimum absolute atomic E-state index is 0.529. The number of benzene rings is 1. The molecule has 5 heteroatoms. The van der Waals surface area contributed by atoms with Crippen LogP contribution in [0, 0.1) is 0 Å². The summed E-state index contributed by atoms with van der Waals surface area (Å²) in [4.78, 5) is 6.39. The molecule has 0 spiro atoms. The van der Waals surface area contributed by atoms with Gasteiger partial charge in [-0.2, -0.15) is 0 Å². The van der Waals surface area contributed by atoms with Crippen LogP contribution in [0.25, 0.3) is 5.57 Å². The van der Waals surface area contributed by atoms with Crippen molar-refractivity contribution in [2.75, 3.05) is 0 Å². The Bertz CT molecular complexity index is 927. The molecule has 1 aromatic carbocycles. The number of hydrogen-bond donors (Lipinski definition) is 3. The Kier molecular flexibility index (Phi) is 7.26. The second kappa shape index (κ2) is 9.64. The molecule has 0 atom stereocenters. The third kappa shape index (κ3) is 5.08. The molecule has 29 heavy (non-hydrogen) atoms. The smallest absolute Gasteiger partial charge is 0.155 e. The molecule has 5 nitrogen and oxygen atoms in total. The predicted octanol–water partition coefficient (Wildman–Crippen LogP) is 4.51. The van der Waals surface area contributed by atoms with Crippen LogP contribution >= 0.6 is 0 Å². The van der Waals surface area contributed by atoms with Gasteiger partial charge in [0.1, 0.15) is 5.82 Å². The van der Waals surface area contributed by atoms with Gasteiger partial charge in [0.15, 0.2) is 5.82 Å². The number of hydrogen-bond acceptors (Lipinski definition) is 5. The molecule has 1 aliphatic heterocycles. The van der Waals surface area contributed by atoms with Crippen LogP contribution in [0.2, 0.25) is 0 Å². The number of aliphatic imine (C=N–C) groups is 1. The van der Waals surface area contributed by atoms with Gasteiger partial charge in [0.05, 0.1) is 17.1 Å². The van der Waals surface area contributed by atoms with Crippen molar-refractivity contribution in [2.24, 2.45) is 16.5 Å². The van der Waals surface area contributed by atoms with E-state index in [4.69, 9.17) is 11.5 Å². The van der Waals surface area contributed by atoms with Gasteiger partial charge in [-0.05, 0) is 54.7 Å². The number of nitrogens with zero attached hydrogens (tertiary/aromatic N) is 2. The minimum Gasteiger partial charge on any atom is -0.402 e. The van der Waals surface area contributed by atoms with Gasteiger partial charge in [-0.15, -0.1) is 0 Å². The van der Waals surface area contributed by atoms with Crippen LogP contribution in [-0.2, 0) is 6.54 Å². The lowest BCUT2D eigenvalue weighted by Gasteiger charge is -2.31. The highest BCUT2D eigenvalue weighted by molar-refractivity contribution is 6.09. The van der Waals surface area contributed by atoms with Crippen molar-refractivity contribution >= 4 is 11.3 Å². The molecule has 1 aliphatic rings. The van der Waals surface area contributed by atoms with Gasteiger partial charge in [-0.1, -0.05) is 50.9 Å². The largest absolute Gasteiger partial charge is 0.402 e. The predicted molar refractivity (Wildman–Crippen MR) is 124 cm³/mol. The topological polar surface area (TPSA) is 79.7 Å². The lowest BCUT2D eigenvalue weighted by molar-refractivity contribution is 0.514. The molecule has 2 rings (SSSR count). The van der Waals surface area contributed by atoms with Gasteiger partial charge in [0.2, 0.25) is 0 Å². The second-order valence-corrected chi connectivity index (χ2v) is 6.87. The average molecular weight is 390 g/mol. The van der Waals surface area contributed by atoms with E-state index in [0.29, 0.717) is 29.6 Å². The molecule has 152 valence electrons. The Morgan fingerprint density at radius 1 is 1.21 bits per heavy atom. The van der Waals surface area contributed by atoms with Gasteiger partial charge in [-0.25, -0.2) is 4.99 Å². The Balaban J connectivity index is 2.19. The summed E-state index contributed by atoms with van der Waals surface area (Å²) < 4.78 is 0. The van der Waals surface area contributed by atoms with Crippen molar-refractivity contribution in [2.45, 2.75) is 33.7 Å². The van der Waals surface area contributed by atoms with Crippen LogP contribution in [0.4, 0.5) is 0 Å². The summed E-state index contributed by atoms with van der Waals surface area (Å²) in [5.74, 6) is 1.06. The Hall–Kier alpha value is -3.47. The summed E-state index contributed by atoms with van der Waals surface area (Å²) in [6.07, 6.45) is 6.08. The van der Waals surface area contributed by atoms with E-state index in [1.54, 1.807) is 11.0 Å². The highest BCUT2D eigenvalue weighted by Crippen LogP contribution is 2.28. The van der Waals surface area contributed by atoms with Crippen LogP contribution in [0.3, 0.4) is 0 Å². The van der Waals surface area contributed by atoms with Crippen molar-refractivity contribution in [3.8, 4) is 0 Å². The van der Waals surface area contributed by atoms with Gasteiger partial charge < -0.3 is 16.8 Å².